The van der Waals surface area contributed by atoms with Crippen molar-refractivity contribution < 1.29 is 4.74 Å². The minimum atomic E-state index is 0.739. The topological polar surface area (TPSA) is 47.3 Å². The van der Waals surface area contributed by atoms with Crippen LogP contribution in [-0.2, 0) is 0 Å². The fourth-order valence-corrected chi connectivity index (χ4v) is 1.83. The molecule has 3 heteroatoms. The minimum Gasteiger partial charge on any atom is -0.497 e. The third kappa shape index (κ3) is 2.63. The van der Waals surface area contributed by atoms with Gasteiger partial charge in [0.25, 0.3) is 0 Å². The van der Waals surface area contributed by atoms with E-state index in [1.807, 2.05) is 18.2 Å². The van der Waals surface area contributed by atoms with Crippen LogP contribution in [0.1, 0.15) is 6.42 Å². The first-order chi connectivity index (χ1) is 7.33. The van der Waals surface area contributed by atoms with Gasteiger partial charge in [0.15, 0.2) is 0 Å². The summed E-state index contributed by atoms with van der Waals surface area (Å²) in [6, 6.07) is 8.02. The quantitative estimate of drug-likeness (QED) is 0.771. The SMILES string of the molecule is COc1cccc(NC[C@H]2C[C@@H]2CN)c1. The van der Waals surface area contributed by atoms with Gasteiger partial charge >= 0.3 is 0 Å². The van der Waals surface area contributed by atoms with Gasteiger partial charge in [-0.25, -0.2) is 0 Å². The Morgan fingerprint density at radius 1 is 1.47 bits per heavy atom. The van der Waals surface area contributed by atoms with Gasteiger partial charge in [-0.2, -0.15) is 0 Å². The minimum absolute atomic E-state index is 0.739. The summed E-state index contributed by atoms with van der Waals surface area (Å²) in [6.07, 6.45) is 1.27. The van der Waals surface area contributed by atoms with Crippen LogP contribution in [0.3, 0.4) is 0 Å². The Morgan fingerprint density at radius 3 is 3.00 bits per heavy atom. The molecule has 2 atom stereocenters. The van der Waals surface area contributed by atoms with E-state index in [2.05, 4.69) is 11.4 Å². The Balaban J connectivity index is 1.83. The van der Waals surface area contributed by atoms with Crippen molar-refractivity contribution in [2.24, 2.45) is 17.6 Å². The van der Waals surface area contributed by atoms with Crippen molar-refractivity contribution in [2.45, 2.75) is 6.42 Å². The largest absolute Gasteiger partial charge is 0.497 e. The van der Waals surface area contributed by atoms with Gasteiger partial charge in [0, 0.05) is 18.3 Å². The highest BCUT2D eigenvalue weighted by Gasteiger charge is 2.34. The van der Waals surface area contributed by atoms with Crippen molar-refractivity contribution in [1.82, 2.24) is 0 Å². The maximum Gasteiger partial charge on any atom is 0.120 e. The summed E-state index contributed by atoms with van der Waals surface area (Å²) < 4.78 is 5.16. The van der Waals surface area contributed by atoms with Crippen LogP contribution < -0.4 is 15.8 Å². The number of methoxy groups -OCH3 is 1. The number of anilines is 1. The van der Waals surface area contributed by atoms with Crippen molar-refractivity contribution in [3.63, 3.8) is 0 Å². The number of ether oxygens (including phenoxy) is 1. The highest BCUT2D eigenvalue weighted by atomic mass is 16.5. The molecule has 0 amide bonds. The maximum atomic E-state index is 5.59. The standard InChI is InChI=1S/C12H18N2O/c1-15-12-4-2-3-11(6-12)14-8-10-5-9(10)7-13/h2-4,6,9-10,14H,5,7-8,13H2,1H3/t9-,10-/m1/s1. The van der Waals surface area contributed by atoms with Crippen LogP contribution in [-0.4, -0.2) is 20.2 Å². The molecule has 0 aromatic heterocycles. The highest BCUT2D eigenvalue weighted by Crippen LogP contribution is 2.37. The van der Waals surface area contributed by atoms with E-state index in [4.69, 9.17) is 10.5 Å². The van der Waals surface area contributed by atoms with Crippen LogP contribution in [0.4, 0.5) is 5.69 Å². The molecule has 0 heterocycles. The molecule has 1 aliphatic carbocycles. The second-order valence-electron chi connectivity index (χ2n) is 4.10. The second-order valence-corrected chi connectivity index (χ2v) is 4.10. The molecule has 3 N–H and O–H groups in total. The Morgan fingerprint density at radius 2 is 2.33 bits per heavy atom. The van der Waals surface area contributed by atoms with Crippen LogP contribution in [0.15, 0.2) is 24.3 Å². The average molecular weight is 206 g/mol. The fourth-order valence-electron chi connectivity index (χ4n) is 1.83. The summed E-state index contributed by atoms with van der Waals surface area (Å²) in [6.45, 7) is 1.85. The fraction of sp³-hybridized carbons (Fsp3) is 0.500. The number of hydrogen-bond donors (Lipinski definition) is 2. The van der Waals surface area contributed by atoms with Crippen LogP contribution in [0.25, 0.3) is 0 Å². The van der Waals surface area contributed by atoms with Gasteiger partial charge in [0.2, 0.25) is 0 Å². The lowest BCUT2D eigenvalue weighted by Crippen LogP contribution is -2.09. The predicted octanol–water partition coefficient (Wildman–Crippen LogP) is 1.70. The molecular formula is C12H18N2O. The zero-order valence-corrected chi connectivity index (χ0v) is 9.07. The first-order valence-electron chi connectivity index (χ1n) is 5.41. The normalized spacial score (nSPS) is 23.6. The van der Waals surface area contributed by atoms with Crippen molar-refractivity contribution >= 4 is 5.69 Å². The lowest BCUT2D eigenvalue weighted by atomic mass is 10.2. The summed E-state index contributed by atoms with van der Waals surface area (Å²) in [5, 5.41) is 3.41. The molecule has 0 aliphatic heterocycles. The van der Waals surface area contributed by atoms with Crippen molar-refractivity contribution in [3.8, 4) is 5.75 Å². The molecule has 0 radical (unpaired) electrons. The second kappa shape index (κ2) is 4.53. The first-order valence-corrected chi connectivity index (χ1v) is 5.41. The molecule has 0 saturated heterocycles. The molecule has 1 saturated carbocycles. The van der Waals surface area contributed by atoms with E-state index in [1.165, 1.54) is 6.42 Å². The van der Waals surface area contributed by atoms with Gasteiger partial charge in [-0.15, -0.1) is 0 Å². The van der Waals surface area contributed by atoms with Gasteiger partial charge in [0.05, 0.1) is 7.11 Å². The lowest BCUT2D eigenvalue weighted by Gasteiger charge is -2.07. The third-order valence-electron chi connectivity index (χ3n) is 3.01. The number of hydrogen-bond acceptors (Lipinski definition) is 3. The molecule has 1 aromatic rings. The van der Waals surface area contributed by atoms with Crippen molar-refractivity contribution in [3.05, 3.63) is 24.3 Å². The molecule has 2 rings (SSSR count). The number of nitrogens with one attached hydrogen (secondary N) is 1. The lowest BCUT2D eigenvalue weighted by molar-refractivity contribution is 0.415. The van der Waals surface area contributed by atoms with Gasteiger partial charge < -0.3 is 15.8 Å². The molecule has 3 nitrogen and oxygen atoms in total. The summed E-state index contributed by atoms with van der Waals surface area (Å²) in [7, 11) is 1.68. The van der Waals surface area contributed by atoms with Gasteiger partial charge in [0.1, 0.15) is 5.75 Å². The van der Waals surface area contributed by atoms with Gasteiger partial charge in [-0.05, 0) is 36.9 Å². The molecule has 0 spiro atoms. The van der Waals surface area contributed by atoms with E-state index in [1.54, 1.807) is 7.11 Å². The molecule has 82 valence electrons. The monoisotopic (exact) mass is 206 g/mol. The molecule has 1 fully saturated rings. The molecule has 15 heavy (non-hydrogen) atoms. The predicted molar refractivity (Wildman–Crippen MR) is 62.1 cm³/mol. The maximum absolute atomic E-state index is 5.59. The Kier molecular flexibility index (Phi) is 3.11. The summed E-state index contributed by atoms with van der Waals surface area (Å²) >= 11 is 0. The average Bonchev–Trinajstić information content (AvgIpc) is 3.05. The van der Waals surface area contributed by atoms with Crippen molar-refractivity contribution in [2.75, 3.05) is 25.5 Å². The van der Waals surface area contributed by atoms with Crippen LogP contribution in [0.2, 0.25) is 0 Å². The summed E-state index contributed by atoms with van der Waals surface area (Å²) in [4.78, 5) is 0. The van der Waals surface area contributed by atoms with E-state index in [-0.39, 0.29) is 0 Å². The Bertz CT molecular complexity index is 327. The van der Waals surface area contributed by atoms with E-state index in [9.17, 15) is 0 Å². The van der Waals surface area contributed by atoms with Crippen molar-refractivity contribution in [1.29, 1.82) is 0 Å². The molecule has 1 aliphatic rings. The zero-order chi connectivity index (χ0) is 10.7. The number of nitrogens with two attached hydrogens (primary N) is 1. The van der Waals surface area contributed by atoms with Gasteiger partial charge in [-0.1, -0.05) is 6.07 Å². The number of benzene rings is 1. The Labute approximate surface area is 90.6 Å². The molecule has 0 bridgehead atoms. The Hall–Kier alpha value is -1.22. The molecular weight excluding hydrogens is 188 g/mol. The number of rotatable bonds is 5. The molecule has 0 unspecified atom stereocenters. The van der Waals surface area contributed by atoms with Crippen LogP contribution in [0.5, 0.6) is 5.75 Å². The highest BCUT2D eigenvalue weighted by molar-refractivity contribution is 5.48. The van der Waals surface area contributed by atoms with E-state index in [0.717, 1.165) is 36.4 Å². The first kappa shape index (κ1) is 10.3. The zero-order valence-electron chi connectivity index (χ0n) is 9.07. The third-order valence-corrected chi connectivity index (χ3v) is 3.01. The van der Waals surface area contributed by atoms with E-state index >= 15 is 0 Å². The summed E-state index contributed by atoms with van der Waals surface area (Å²) in [5.74, 6) is 2.40. The molecule has 1 aromatic carbocycles. The smallest absolute Gasteiger partial charge is 0.120 e. The van der Waals surface area contributed by atoms with Crippen LogP contribution in [0, 0.1) is 11.8 Å². The van der Waals surface area contributed by atoms with Gasteiger partial charge in [-0.3, -0.25) is 0 Å². The van der Waals surface area contributed by atoms with E-state index in [0.29, 0.717) is 0 Å². The van der Waals surface area contributed by atoms with Crippen LogP contribution >= 0.6 is 0 Å². The van der Waals surface area contributed by atoms with E-state index < -0.39 is 0 Å². The summed E-state index contributed by atoms with van der Waals surface area (Å²) in [5.41, 5.74) is 6.71.